The van der Waals surface area contributed by atoms with Gasteiger partial charge in [-0.25, -0.2) is 0 Å². The molecule has 0 bridgehead atoms. The van der Waals surface area contributed by atoms with Crippen molar-refractivity contribution in [1.29, 1.82) is 0 Å². The first kappa shape index (κ1) is 15.6. The first-order chi connectivity index (χ1) is 10.0. The number of hydrogen-bond acceptors (Lipinski definition) is 4. The van der Waals surface area contributed by atoms with Crippen LogP contribution in [-0.4, -0.2) is 50.6 Å². The zero-order chi connectivity index (χ0) is 15.4. The maximum atomic E-state index is 12.0. The standard InChI is InChI=1S/C16H26N4O/c1-4-18-16(21)12-7-8-14(17)15(10-12)20-9-5-6-13(20)11-19(2)3/h7-8,10,13H,4-6,9,11,17H2,1-3H3,(H,18,21). The van der Waals surface area contributed by atoms with Gasteiger partial charge in [-0.3, -0.25) is 4.79 Å². The lowest BCUT2D eigenvalue weighted by Gasteiger charge is -2.30. The highest BCUT2D eigenvalue weighted by Crippen LogP contribution is 2.31. The van der Waals surface area contributed by atoms with E-state index < -0.39 is 0 Å². The highest BCUT2D eigenvalue weighted by molar-refractivity contribution is 5.96. The van der Waals surface area contributed by atoms with Crippen LogP contribution in [-0.2, 0) is 0 Å². The second kappa shape index (κ2) is 6.80. The van der Waals surface area contributed by atoms with Crippen molar-refractivity contribution in [3.05, 3.63) is 23.8 Å². The minimum absolute atomic E-state index is 0.0397. The van der Waals surface area contributed by atoms with E-state index >= 15 is 0 Å². The highest BCUT2D eigenvalue weighted by Gasteiger charge is 2.27. The number of nitrogens with one attached hydrogen (secondary N) is 1. The lowest BCUT2D eigenvalue weighted by atomic mass is 10.1. The molecule has 0 aliphatic carbocycles. The van der Waals surface area contributed by atoms with E-state index in [0.717, 1.165) is 24.5 Å². The van der Waals surface area contributed by atoms with Crippen LogP contribution < -0.4 is 16.0 Å². The fourth-order valence-corrected chi connectivity index (χ4v) is 2.96. The minimum atomic E-state index is -0.0397. The number of rotatable bonds is 5. The van der Waals surface area contributed by atoms with Crippen LogP contribution >= 0.6 is 0 Å². The fourth-order valence-electron chi connectivity index (χ4n) is 2.96. The number of nitrogen functional groups attached to an aromatic ring is 1. The molecule has 1 fully saturated rings. The largest absolute Gasteiger partial charge is 0.397 e. The fraction of sp³-hybridized carbons (Fsp3) is 0.562. The second-order valence-corrected chi connectivity index (χ2v) is 5.88. The zero-order valence-corrected chi connectivity index (χ0v) is 13.2. The SMILES string of the molecule is CCNC(=O)c1ccc(N)c(N2CCCC2CN(C)C)c1. The molecule has 1 aromatic rings. The van der Waals surface area contributed by atoms with E-state index in [2.05, 4.69) is 29.2 Å². The maximum absolute atomic E-state index is 12.0. The van der Waals surface area contributed by atoms with Gasteiger partial charge in [0, 0.05) is 31.2 Å². The topological polar surface area (TPSA) is 61.6 Å². The van der Waals surface area contributed by atoms with Crippen LogP contribution in [0.5, 0.6) is 0 Å². The van der Waals surface area contributed by atoms with Crippen molar-refractivity contribution in [3.8, 4) is 0 Å². The molecule has 1 saturated heterocycles. The van der Waals surface area contributed by atoms with E-state index in [-0.39, 0.29) is 5.91 Å². The van der Waals surface area contributed by atoms with Crippen molar-refractivity contribution in [2.24, 2.45) is 0 Å². The summed E-state index contributed by atoms with van der Waals surface area (Å²) in [7, 11) is 4.18. The number of nitrogens with two attached hydrogens (primary N) is 1. The molecule has 116 valence electrons. The van der Waals surface area contributed by atoms with Crippen LogP contribution in [0.15, 0.2) is 18.2 Å². The molecule has 2 rings (SSSR count). The number of carbonyl (C=O) groups is 1. The lowest BCUT2D eigenvalue weighted by Crippen LogP contribution is -2.38. The Morgan fingerprint density at radius 2 is 2.24 bits per heavy atom. The highest BCUT2D eigenvalue weighted by atomic mass is 16.1. The Balaban J connectivity index is 2.25. The molecule has 0 spiro atoms. The van der Waals surface area contributed by atoms with Crippen molar-refractivity contribution in [1.82, 2.24) is 10.2 Å². The minimum Gasteiger partial charge on any atom is -0.397 e. The summed E-state index contributed by atoms with van der Waals surface area (Å²) < 4.78 is 0. The van der Waals surface area contributed by atoms with Gasteiger partial charge in [0.2, 0.25) is 0 Å². The summed E-state index contributed by atoms with van der Waals surface area (Å²) in [5, 5.41) is 2.84. The number of nitrogens with zero attached hydrogens (tertiary/aromatic N) is 2. The molecule has 3 N–H and O–H groups in total. The monoisotopic (exact) mass is 290 g/mol. The first-order valence-electron chi connectivity index (χ1n) is 7.62. The van der Waals surface area contributed by atoms with Gasteiger partial charge in [-0.05, 0) is 52.1 Å². The van der Waals surface area contributed by atoms with E-state index in [0.29, 0.717) is 18.2 Å². The molecule has 0 radical (unpaired) electrons. The van der Waals surface area contributed by atoms with Crippen LogP contribution in [0.4, 0.5) is 11.4 Å². The molecule has 1 heterocycles. The van der Waals surface area contributed by atoms with Crippen molar-refractivity contribution < 1.29 is 4.79 Å². The Morgan fingerprint density at radius 3 is 2.90 bits per heavy atom. The Kier molecular flexibility index (Phi) is 5.07. The quantitative estimate of drug-likeness (QED) is 0.808. The number of benzene rings is 1. The number of hydrogen-bond donors (Lipinski definition) is 2. The normalized spacial score (nSPS) is 18.3. The Bertz CT molecular complexity index is 501. The molecular formula is C16H26N4O. The van der Waals surface area contributed by atoms with Crippen molar-refractivity contribution >= 4 is 17.3 Å². The molecule has 1 aliphatic heterocycles. The van der Waals surface area contributed by atoms with Gasteiger partial charge in [0.15, 0.2) is 0 Å². The molecule has 1 aliphatic rings. The summed E-state index contributed by atoms with van der Waals surface area (Å²) >= 11 is 0. The summed E-state index contributed by atoms with van der Waals surface area (Å²) in [6.45, 7) is 4.56. The molecule has 1 atom stereocenters. The predicted molar refractivity (Wildman–Crippen MR) is 87.8 cm³/mol. The number of amides is 1. The lowest BCUT2D eigenvalue weighted by molar-refractivity contribution is 0.0956. The van der Waals surface area contributed by atoms with E-state index in [1.807, 2.05) is 19.1 Å². The molecule has 21 heavy (non-hydrogen) atoms. The van der Waals surface area contributed by atoms with Crippen molar-refractivity contribution in [2.45, 2.75) is 25.8 Å². The molecule has 1 amide bonds. The molecular weight excluding hydrogens is 264 g/mol. The van der Waals surface area contributed by atoms with Crippen LogP contribution in [0.25, 0.3) is 0 Å². The number of anilines is 2. The van der Waals surface area contributed by atoms with Gasteiger partial charge in [-0.2, -0.15) is 0 Å². The van der Waals surface area contributed by atoms with Gasteiger partial charge in [0.25, 0.3) is 5.91 Å². The molecule has 1 aromatic carbocycles. The van der Waals surface area contributed by atoms with Crippen LogP contribution in [0.2, 0.25) is 0 Å². The number of carbonyl (C=O) groups excluding carboxylic acids is 1. The summed E-state index contributed by atoms with van der Waals surface area (Å²) in [6, 6.07) is 6.02. The molecule has 5 nitrogen and oxygen atoms in total. The molecule has 0 aromatic heterocycles. The van der Waals surface area contributed by atoms with E-state index in [9.17, 15) is 4.79 Å². The van der Waals surface area contributed by atoms with Crippen LogP contribution in [0.3, 0.4) is 0 Å². The number of likely N-dealkylation sites (N-methyl/N-ethyl adjacent to an activating group) is 1. The van der Waals surface area contributed by atoms with Gasteiger partial charge in [-0.1, -0.05) is 0 Å². The molecule has 5 heteroatoms. The summed E-state index contributed by atoms with van der Waals surface area (Å²) in [4.78, 5) is 16.6. The van der Waals surface area contributed by atoms with Gasteiger partial charge >= 0.3 is 0 Å². The third-order valence-electron chi connectivity index (χ3n) is 3.89. The molecule has 0 saturated carbocycles. The Morgan fingerprint density at radius 1 is 1.48 bits per heavy atom. The first-order valence-corrected chi connectivity index (χ1v) is 7.62. The van der Waals surface area contributed by atoms with E-state index in [1.165, 1.54) is 12.8 Å². The maximum Gasteiger partial charge on any atom is 0.251 e. The van der Waals surface area contributed by atoms with Crippen LogP contribution in [0, 0.1) is 0 Å². The van der Waals surface area contributed by atoms with Crippen molar-refractivity contribution in [3.63, 3.8) is 0 Å². The average Bonchev–Trinajstić information content (AvgIpc) is 2.86. The second-order valence-electron chi connectivity index (χ2n) is 5.88. The Hall–Kier alpha value is -1.75. The van der Waals surface area contributed by atoms with E-state index in [1.54, 1.807) is 6.07 Å². The van der Waals surface area contributed by atoms with Crippen molar-refractivity contribution in [2.75, 3.05) is 44.4 Å². The summed E-state index contributed by atoms with van der Waals surface area (Å²) in [5.41, 5.74) is 8.56. The van der Waals surface area contributed by atoms with Gasteiger partial charge < -0.3 is 20.9 Å². The third-order valence-corrected chi connectivity index (χ3v) is 3.89. The third kappa shape index (κ3) is 3.67. The average molecular weight is 290 g/mol. The summed E-state index contributed by atoms with van der Waals surface area (Å²) in [5.74, 6) is -0.0397. The van der Waals surface area contributed by atoms with Gasteiger partial charge in [0.05, 0.1) is 11.4 Å². The van der Waals surface area contributed by atoms with E-state index in [4.69, 9.17) is 5.73 Å². The molecule has 1 unspecified atom stereocenters. The van der Waals surface area contributed by atoms with Crippen LogP contribution in [0.1, 0.15) is 30.1 Å². The smallest absolute Gasteiger partial charge is 0.251 e. The summed E-state index contributed by atoms with van der Waals surface area (Å²) in [6.07, 6.45) is 2.34. The predicted octanol–water partition coefficient (Wildman–Crippen LogP) is 1.55. The van der Waals surface area contributed by atoms with Gasteiger partial charge in [-0.15, -0.1) is 0 Å². The van der Waals surface area contributed by atoms with Gasteiger partial charge in [0.1, 0.15) is 0 Å². The zero-order valence-electron chi connectivity index (χ0n) is 13.2. The Labute approximate surface area is 127 Å².